The number of carbonyl (C=O) groups excluding carboxylic acids is 1. The summed E-state index contributed by atoms with van der Waals surface area (Å²) in [5.41, 5.74) is 2.35. The first-order valence-corrected chi connectivity index (χ1v) is 5.78. The van der Waals surface area contributed by atoms with E-state index in [0.717, 1.165) is 17.1 Å². The molecule has 0 fully saturated rings. The molecule has 2 N–H and O–H groups in total. The van der Waals surface area contributed by atoms with Gasteiger partial charge in [0.15, 0.2) is 0 Å². The summed E-state index contributed by atoms with van der Waals surface area (Å²) in [5.74, 6) is 0.714. The van der Waals surface area contributed by atoms with Gasteiger partial charge in [-0.05, 0) is 18.2 Å². The van der Waals surface area contributed by atoms with Crippen molar-refractivity contribution in [1.29, 1.82) is 0 Å². The van der Waals surface area contributed by atoms with E-state index in [0.29, 0.717) is 18.8 Å². The lowest BCUT2D eigenvalue weighted by atomic mass is 10.2. The van der Waals surface area contributed by atoms with E-state index in [-0.39, 0.29) is 5.91 Å². The fourth-order valence-electron chi connectivity index (χ4n) is 2.00. The maximum absolute atomic E-state index is 11.7. The smallest absolute Gasteiger partial charge is 0.269 e. The Hall–Kier alpha value is -2.37. The van der Waals surface area contributed by atoms with Gasteiger partial charge in [-0.15, -0.1) is 0 Å². The Bertz CT molecular complexity index is 604. The van der Waals surface area contributed by atoms with Crippen LogP contribution in [0.5, 0.6) is 0 Å². The highest BCUT2D eigenvalue weighted by molar-refractivity contribution is 5.94. The maximum atomic E-state index is 11.7. The van der Waals surface area contributed by atoms with E-state index in [1.807, 2.05) is 25.2 Å². The van der Waals surface area contributed by atoms with Crippen molar-refractivity contribution in [2.24, 2.45) is 0 Å². The second-order valence-corrected chi connectivity index (χ2v) is 4.07. The highest BCUT2D eigenvalue weighted by Crippen LogP contribution is 2.21. The number of anilines is 1. The molecule has 18 heavy (non-hydrogen) atoms. The minimum atomic E-state index is -0.0668. The molecule has 6 nitrogen and oxygen atoms in total. The molecule has 2 aromatic heterocycles. The summed E-state index contributed by atoms with van der Waals surface area (Å²) in [6, 6.07) is 5.60. The van der Waals surface area contributed by atoms with Crippen molar-refractivity contribution in [2.45, 2.75) is 6.54 Å². The third-order valence-corrected chi connectivity index (χ3v) is 2.93. The van der Waals surface area contributed by atoms with Crippen LogP contribution < -0.4 is 10.6 Å². The zero-order valence-electron chi connectivity index (χ0n) is 9.97. The molecule has 0 unspecified atom stereocenters. The van der Waals surface area contributed by atoms with Crippen LogP contribution in [0.25, 0.3) is 11.3 Å². The predicted molar refractivity (Wildman–Crippen MR) is 67.3 cm³/mol. The minimum absolute atomic E-state index is 0.0668. The molecule has 0 bridgehead atoms. The van der Waals surface area contributed by atoms with E-state index in [1.54, 1.807) is 10.9 Å². The summed E-state index contributed by atoms with van der Waals surface area (Å²) in [6.45, 7) is 1.34. The lowest BCUT2D eigenvalue weighted by Gasteiger charge is -2.13. The number of fused-ring (bicyclic) bond motifs is 1. The molecule has 1 aliphatic heterocycles. The molecule has 0 radical (unpaired) electrons. The summed E-state index contributed by atoms with van der Waals surface area (Å²) >= 11 is 0. The quantitative estimate of drug-likeness (QED) is 0.815. The van der Waals surface area contributed by atoms with Crippen LogP contribution in [-0.2, 0) is 6.54 Å². The number of nitrogens with one attached hydrogen (secondary N) is 2. The second kappa shape index (κ2) is 4.14. The number of amides is 1. The number of hydrogen-bond donors (Lipinski definition) is 2. The highest BCUT2D eigenvalue weighted by Gasteiger charge is 2.19. The zero-order chi connectivity index (χ0) is 12.5. The van der Waals surface area contributed by atoms with Crippen LogP contribution in [0.3, 0.4) is 0 Å². The van der Waals surface area contributed by atoms with Crippen molar-refractivity contribution in [3.63, 3.8) is 0 Å². The van der Waals surface area contributed by atoms with Gasteiger partial charge in [0.25, 0.3) is 5.91 Å². The van der Waals surface area contributed by atoms with E-state index in [9.17, 15) is 4.79 Å². The summed E-state index contributed by atoms with van der Waals surface area (Å²) < 4.78 is 1.74. The van der Waals surface area contributed by atoms with Gasteiger partial charge in [-0.2, -0.15) is 5.10 Å². The van der Waals surface area contributed by atoms with Gasteiger partial charge >= 0.3 is 0 Å². The number of nitrogens with zero attached hydrogens (tertiary/aromatic N) is 3. The maximum Gasteiger partial charge on any atom is 0.269 e. The summed E-state index contributed by atoms with van der Waals surface area (Å²) in [4.78, 5) is 15.8. The molecule has 3 rings (SSSR count). The fourth-order valence-corrected chi connectivity index (χ4v) is 2.00. The Morgan fingerprint density at radius 1 is 1.44 bits per heavy atom. The van der Waals surface area contributed by atoms with Crippen molar-refractivity contribution in [3.8, 4) is 11.3 Å². The molecular formula is C12H13N5O. The molecule has 0 atom stereocenters. The minimum Gasteiger partial charge on any atom is -0.373 e. The Labute approximate surface area is 104 Å². The van der Waals surface area contributed by atoms with Crippen molar-refractivity contribution >= 4 is 11.7 Å². The number of carbonyl (C=O) groups is 1. The van der Waals surface area contributed by atoms with E-state index in [1.165, 1.54) is 0 Å². The number of aromatic nitrogens is 3. The predicted octanol–water partition coefficient (Wildman–Crippen LogP) is 0.730. The zero-order valence-corrected chi connectivity index (χ0v) is 9.97. The summed E-state index contributed by atoms with van der Waals surface area (Å²) in [5, 5.41) is 10.2. The van der Waals surface area contributed by atoms with Gasteiger partial charge in [0, 0.05) is 25.4 Å². The van der Waals surface area contributed by atoms with Crippen molar-refractivity contribution in [3.05, 3.63) is 30.1 Å². The van der Waals surface area contributed by atoms with Crippen LogP contribution in [0.15, 0.2) is 24.4 Å². The van der Waals surface area contributed by atoms with E-state index < -0.39 is 0 Å². The monoisotopic (exact) mass is 243 g/mol. The summed E-state index contributed by atoms with van der Waals surface area (Å²) in [6.07, 6.45) is 1.72. The fraction of sp³-hybridized carbons (Fsp3) is 0.250. The molecule has 0 saturated heterocycles. The first-order chi connectivity index (χ1) is 8.78. The van der Waals surface area contributed by atoms with Crippen LogP contribution >= 0.6 is 0 Å². The molecule has 0 aliphatic carbocycles. The Kier molecular flexibility index (Phi) is 2.47. The van der Waals surface area contributed by atoms with Crippen LogP contribution in [-0.4, -0.2) is 34.3 Å². The first kappa shape index (κ1) is 10.8. The SMILES string of the molecule is CNc1cc(-c2cc3n(n2)CCNC3=O)ccn1. The van der Waals surface area contributed by atoms with Gasteiger partial charge in [0.2, 0.25) is 0 Å². The Morgan fingerprint density at radius 3 is 3.11 bits per heavy atom. The van der Waals surface area contributed by atoms with Crippen molar-refractivity contribution in [2.75, 3.05) is 18.9 Å². The van der Waals surface area contributed by atoms with Gasteiger partial charge in [0.05, 0.1) is 12.2 Å². The van der Waals surface area contributed by atoms with Crippen LogP contribution in [0.2, 0.25) is 0 Å². The van der Waals surface area contributed by atoms with E-state index in [2.05, 4.69) is 20.7 Å². The molecule has 92 valence electrons. The molecule has 0 spiro atoms. The molecule has 6 heteroatoms. The number of pyridine rings is 1. The molecule has 2 aromatic rings. The van der Waals surface area contributed by atoms with Crippen molar-refractivity contribution < 1.29 is 4.79 Å². The largest absolute Gasteiger partial charge is 0.373 e. The number of rotatable bonds is 2. The average Bonchev–Trinajstić information content (AvgIpc) is 2.84. The van der Waals surface area contributed by atoms with Crippen LogP contribution in [0, 0.1) is 0 Å². The molecular weight excluding hydrogens is 230 g/mol. The van der Waals surface area contributed by atoms with Crippen molar-refractivity contribution in [1.82, 2.24) is 20.1 Å². The molecule has 1 amide bonds. The first-order valence-electron chi connectivity index (χ1n) is 5.78. The van der Waals surface area contributed by atoms with E-state index in [4.69, 9.17) is 0 Å². The third kappa shape index (κ3) is 1.71. The molecule has 0 aromatic carbocycles. The van der Waals surface area contributed by atoms with Crippen LogP contribution in [0.1, 0.15) is 10.5 Å². The van der Waals surface area contributed by atoms with E-state index >= 15 is 0 Å². The van der Waals surface area contributed by atoms with Gasteiger partial charge in [-0.25, -0.2) is 4.98 Å². The molecule has 0 saturated carbocycles. The Morgan fingerprint density at radius 2 is 2.33 bits per heavy atom. The lowest BCUT2D eigenvalue weighted by Crippen LogP contribution is -2.35. The van der Waals surface area contributed by atoms with Gasteiger partial charge < -0.3 is 10.6 Å². The van der Waals surface area contributed by atoms with Gasteiger partial charge in [0.1, 0.15) is 11.5 Å². The van der Waals surface area contributed by atoms with Crippen LogP contribution in [0.4, 0.5) is 5.82 Å². The second-order valence-electron chi connectivity index (χ2n) is 4.07. The highest BCUT2D eigenvalue weighted by atomic mass is 16.2. The van der Waals surface area contributed by atoms with Gasteiger partial charge in [-0.3, -0.25) is 9.48 Å². The lowest BCUT2D eigenvalue weighted by molar-refractivity contribution is 0.0924. The average molecular weight is 243 g/mol. The Balaban J connectivity index is 2.04. The molecule has 3 heterocycles. The molecule has 1 aliphatic rings. The third-order valence-electron chi connectivity index (χ3n) is 2.93. The summed E-state index contributed by atoms with van der Waals surface area (Å²) in [7, 11) is 1.82. The topological polar surface area (TPSA) is 71.8 Å². The van der Waals surface area contributed by atoms with Gasteiger partial charge in [-0.1, -0.05) is 0 Å². The normalized spacial score (nSPS) is 13.9. The standard InChI is InChI=1S/C12H13N5O/c1-13-11-6-8(2-3-14-11)9-7-10-12(18)15-4-5-17(10)16-9/h2-3,6-7H,4-5H2,1H3,(H,13,14)(H,15,18). The number of hydrogen-bond acceptors (Lipinski definition) is 4.